The maximum Gasteiger partial charge on any atom is 0.0647 e. The van der Waals surface area contributed by atoms with Crippen molar-refractivity contribution in [2.45, 2.75) is 39.5 Å². The first kappa shape index (κ1) is 14.0. The number of halogens is 1. The second-order valence-electron chi connectivity index (χ2n) is 3.58. The standard InChI is InChI=1S/C12H23ClO/c1-3-5-8-12(4-2)11-14-10-7-6-9-13/h6-7,12H,3-5,8-11H2,1-2H3. The number of ether oxygens (including phenoxy) is 1. The van der Waals surface area contributed by atoms with Crippen molar-refractivity contribution in [3.05, 3.63) is 12.2 Å². The van der Waals surface area contributed by atoms with Crippen LogP contribution in [0, 0.1) is 5.92 Å². The molecule has 1 nitrogen and oxygen atoms in total. The zero-order chi connectivity index (χ0) is 10.6. The van der Waals surface area contributed by atoms with Crippen molar-refractivity contribution < 1.29 is 4.74 Å². The third-order valence-corrected chi connectivity index (χ3v) is 2.54. The molecule has 1 atom stereocenters. The third-order valence-electron chi connectivity index (χ3n) is 2.37. The Hall–Kier alpha value is -0.0100. The Kier molecular flexibility index (Phi) is 11.1. The van der Waals surface area contributed by atoms with Crippen LogP contribution in [0.25, 0.3) is 0 Å². The minimum Gasteiger partial charge on any atom is -0.377 e. The van der Waals surface area contributed by atoms with Crippen molar-refractivity contribution >= 4 is 11.6 Å². The summed E-state index contributed by atoms with van der Waals surface area (Å²) in [6.45, 7) is 6.06. The van der Waals surface area contributed by atoms with Gasteiger partial charge in [0.1, 0.15) is 0 Å². The molecular formula is C12H23ClO. The molecule has 0 aliphatic heterocycles. The molecule has 0 radical (unpaired) electrons. The maximum absolute atomic E-state index is 5.54. The molecular weight excluding hydrogens is 196 g/mol. The van der Waals surface area contributed by atoms with Gasteiger partial charge in [0.15, 0.2) is 0 Å². The smallest absolute Gasteiger partial charge is 0.0647 e. The summed E-state index contributed by atoms with van der Waals surface area (Å²) >= 11 is 5.50. The summed E-state index contributed by atoms with van der Waals surface area (Å²) in [6.07, 6.45) is 9.03. The highest BCUT2D eigenvalue weighted by molar-refractivity contribution is 6.18. The normalized spacial score (nSPS) is 13.6. The van der Waals surface area contributed by atoms with E-state index in [1.54, 1.807) is 0 Å². The van der Waals surface area contributed by atoms with E-state index in [0.717, 1.165) is 12.5 Å². The summed E-state index contributed by atoms with van der Waals surface area (Å²) in [6, 6.07) is 0. The highest BCUT2D eigenvalue weighted by Gasteiger charge is 2.04. The van der Waals surface area contributed by atoms with Crippen molar-refractivity contribution in [1.82, 2.24) is 0 Å². The Balaban J connectivity index is 3.37. The second kappa shape index (κ2) is 11.1. The molecule has 0 saturated carbocycles. The third kappa shape index (κ3) is 8.58. The molecule has 2 heteroatoms. The van der Waals surface area contributed by atoms with Gasteiger partial charge in [-0.3, -0.25) is 0 Å². The Labute approximate surface area is 93.5 Å². The van der Waals surface area contributed by atoms with Crippen LogP contribution in [0.1, 0.15) is 39.5 Å². The van der Waals surface area contributed by atoms with Crippen LogP contribution in [-0.2, 0) is 4.74 Å². The van der Waals surface area contributed by atoms with E-state index in [2.05, 4.69) is 13.8 Å². The van der Waals surface area contributed by atoms with Crippen LogP contribution in [0.15, 0.2) is 12.2 Å². The first-order chi connectivity index (χ1) is 6.85. The van der Waals surface area contributed by atoms with E-state index < -0.39 is 0 Å². The molecule has 0 bridgehead atoms. The summed E-state index contributed by atoms with van der Waals surface area (Å²) in [5.74, 6) is 1.32. The summed E-state index contributed by atoms with van der Waals surface area (Å²) in [5, 5.41) is 0. The fourth-order valence-corrected chi connectivity index (χ4v) is 1.46. The summed E-state index contributed by atoms with van der Waals surface area (Å²) in [7, 11) is 0. The average molecular weight is 219 g/mol. The predicted octanol–water partition coefficient (Wildman–Crippen LogP) is 4.01. The molecule has 14 heavy (non-hydrogen) atoms. The molecule has 0 heterocycles. The van der Waals surface area contributed by atoms with Gasteiger partial charge in [0.05, 0.1) is 6.61 Å². The van der Waals surface area contributed by atoms with E-state index >= 15 is 0 Å². The Bertz CT molecular complexity index is 134. The highest BCUT2D eigenvalue weighted by atomic mass is 35.5. The largest absolute Gasteiger partial charge is 0.377 e. The average Bonchev–Trinajstić information content (AvgIpc) is 2.22. The first-order valence-electron chi connectivity index (χ1n) is 5.63. The zero-order valence-electron chi connectivity index (χ0n) is 9.47. The zero-order valence-corrected chi connectivity index (χ0v) is 10.2. The van der Waals surface area contributed by atoms with Gasteiger partial charge >= 0.3 is 0 Å². The molecule has 0 aromatic heterocycles. The van der Waals surface area contributed by atoms with E-state index in [9.17, 15) is 0 Å². The highest BCUT2D eigenvalue weighted by Crippen LogP contribution is 2.12. The molecule has 0 rings (SSSR count). The Morgan fingerprint density at radius 3 is 2.64 bits per heavy atom. The fraction of sp³-hybridized carbons (Fsp3) is 0.833. The van der Waals surface area contributed by atoms with E-state index in [1.165, 1.54) is 25.7 Å². The minimum atomic E-state index is 0.580. The van der Waals surface area contributed by atoms with Crippen LogP contribution in [0.5, 0.6) is 0 Å². The quantitative estimate of drug-likeness (QED) is 0.323. The molecule has 0 aliphatic carbocycles. The SMILES string of the molecule is CCCCC(CC)COCC=CCCl. The van der Waals surface area contributed by atoms with Crippen LogP contribution in [0.2, 0.25) is 0 Å². The number of allylic oxidation sites excluding steroid dienone is 1. The first-order valence-corrected chi connectivity index (χ1v) is 6.17. The molecule has 1 unspecified atom stereocenters. The summed E-state index contributed by atoms with van der Waals surface area (Å²) in [4.78, 5) is 0. The van der Waals surface area contributed by atoms with Gasteiger partial charge in [-0.2, -0.15) is 0 Å². The van der Waals surface area contributed by atoms with E-state index in [0.29, 0.717) is 12.5 Å². The minimum absolute atomic E-state index is 0.580. The molecule has 0 spiro atoms. The van der Waals surface area contributed by atoms with Crippen molar-refractivity contribution in [3.63, 3.8) is 0 Å². The summed E-state index contributed by atoms with van der Waals surface area (Å²) in [5.41, 5.74) is 0. The molecule has 0 fully saturated rings. The lowest BCUT2D eigenvalue weighted by Crippen LogP contribution is -2.08. The van der Waals surface area contributed by atoms with Crippen LogP contribution in [-0.4, -0.2) is 19.1 Å². The van der Waals surface area contributed by atoms with Crippen molar-refractivity contribution in [2.24, 2.45) is 5.92 Å². The molecule has 0 saturated heterocycles. The van der Waals surface area contributed by atoms with Crippen molar-refractivity contribution in [2.75, 3.05) is 19.1 Å². The van der Waals surface area contributed by atoms with Crippen LogP contribution in [0.3, 0.4) is 0 Å². The van der Waals surface area contributed by atoms with E-state index in [1.807, 2.05) is 12.2 Å². The van der Waals surface area contributed by atoms with Gasteiger partial charge in [0, 0.05) is 12.5 Å². The van der Waals surface area contributed by atoms with Crippen LogP contribution < -0.4 is 0 Å². The topological polar surface area (TPSA) is 9.23 Å². The Morgan fingerprint density at radius 1 is 1.29 bits per heavy atom. The Morgan fingerprint density at radius 2 is 2.07 bits per heavy atom. The number of hydrogen-bond donors (Lipinski definition) is 0. The lowest BCUT2D eigenvalue weighted by atomic mass is 10.0. The van der Waals surface area contributed by atoms with E-state index in [4.69, 9.17) is 16.3 Å². The fourth-order valence-electron chi connectivity index (χ4n) is 1.33. The summed E-state index contributed by atoms with van der Waals surface area (Å²) < 4.78 is 5.54. The molecule has 0 amide bonds. The van der Waals surface area contributed by atoms with Crippen LogP contribution in [0.4, 0.5) is 0 Å². The second-order valence-corrected chi connectivity index (χ2v) is 3.89. The van der Waals surface area contributed by atoms with Gasteiger partial charge < -0.3 is 4.74 Å². The van der Waals surface area contributed by atoms with Gasteiger partial charge in [-0.25, -0.2) is 0 Å². The number of rotatable bonds is 9. The number of unbranched alkanes of at least 4 members (excludes halogenated alkanes) is 1. The van der Waals surface area contributed by atoms with Crippen LogP contribution >= 0.6 is 11.6 Å². The van der Waals surface area contributed by atoms with Crippen molar-refractivity contribution in [3.8, 4) is 0 Å². The molecule has 0 N–H and O–H groups in total. The van der Waals surface area contributed by atoms with Crippen molar-refractivity contribution in [1.29, 1.82) is 0 Å². The lowest BCUT2D eigenvalue weighted by molar-refractivity contribution is 0.116. The van der Waals surface area contributed by atoms with Gasteiger partial charge in [-0.05, 0) is 12.3 Å². The van der Waals surface area contributed by atoms with Gasteiger partial charge in [0.25, 0.3) is 0 Å². The molecule has 0 aromatic carbocycles. The van der Waals surface area contributed by atoms with Gasteiger partial charge in [-0.15, -0.1) is 11.6 Å². The predicted molar refractivity (Wildman–Crippen MR) is 64.0 cm³/mol. The number of hydrogen-bond acceptors (Lipinski definition) is 1. The molecule has 84 valence electrons. The molecule has 0 aromatic rings. The van der Waals surface area contributed by atoms with Gasteiger partial charge in [-0.1, -0.05) is 45.3 Å². The lowest BCUT2D eigenvalue weighted by Gasteiger charge is -2.13. The van der Waals surface area contributed by atoms with Gasteiger partial charge in [0.2, 0.25) is 0 Å². The molecule has 0 aliphatic rings. The maximum atomic E-state index is 5.54. The number of alkyl halides is 1. The van der Waals surface area contributed by atoms with E-state index in [-0.39, 0.29) is 0 Å². The monoisotopic (exact) mass is 218 g/mol.